The standard InChI is InChI=1S/C14H18FNO2.C13H12ClNO.2CH4.ClH/c15-13-4-5-14(12-3-1-2-11(12)13)18-9-10-8-16-6-7-17-10;14-10-4-5-11-9(7-10)6-8-2-1-3-12(11)13(8)15-16;;;/h4-5,10,16H,1-3,6-9H2;1-2,4-5,7-8,12,16H,3,6H2;2*1H4;1H/b;15-13-;;;/t10-;;;;/m0..../s1. The highest BCUT2D eigenvalue weighted by Gasteiger charge is 2.34. The van der Waals surface area contributed by atoms with Gasteiger partial charge in [-0.1, -0.05) is 49.8 Å². The maximum Gasteiger partial charge on any atom is 0.126 e. The van der Waals surface area contributed by atoms with Crippen LogP contribution in [0.5, 0.6) is 5.75 Å². The third kappa shape index (κ3) is 6.85. The molecule has 3 aliphatic carbocycles. The molecule has 0 radical (unpaired) electrons. The molecule has 1 heterocycles. The number of oxime groups is 1. The van der Waals surface area contributed by atoms with Gasteiger partial charge in [-0.05, 0) is 73.1 Å². The monoisotopic (exact) mass is 552 g/mol. The zero-order chi connectivity index (χ0) is 23.5. The molecule has 5 nitrogen and oxygen atoms in total. The van der Waals surface area contributed by atoms with Crippen molar-refractivity contribution in [3.63, 3.8) is 0 Å². The summed E-state index contributed by atoms with van der Waals surface area (Å²) in [6, 6.07) is 9.26. The second-order valence-electron chi connectivity index (χ2n) is 9.26. The largest absolute Gasteiger partial charge is 0.491 e. The van der Waals surface area contributed by atoms with E-state index in [0.29, 0.717) is 6.61 Å². The average Bonchev–Trinajstić information content (AvgIpc) is 3.35. The first-order valence-corrected chi connectivity index (χ1v) is 12.4. The Kier molecular flexibility index (Phi) is 11.9. The molecule has 1 aliphatic heterocycles. The number of benzene rings is 2. The normalized spacial score (nSPS) is 23.7. The van der Waals surface area contributed by atoms with Crippen molar-refractivity contribution < 1.29 is 19.1 Å². The molecule has 2 aromatic carbocycles. The number of nitrogens with zero attached hydrogens (tertiary/aromatic N) is 1. The van der Waals surface area contributed by atoms with Gasteiger partial charge in [-0.15, -0.1) is 12.4 Å². The van der Waals surface area contributed by atoms with E-state index in [1.807, 2.05) is 12.1 Å². The Balaban J connectivity index is 0.000000242. The van der Waals surface area contributed by atoms with Gasteiger partial charge in [0.1, 0.15) is 24.3 Å². The maximum atomic E-state index is 13.6. The number of morpholine rings is 1. The van der Waals surface area contributed by atoms with E-state index in [0.717, 1.165) is 79.4 Å². The lowest BCUT2D eigenvalue weighted by Gasteiger charge is -2.33. The van der Waals surface area contributed by atoms with Gasteiger partial charge in [0.25, 0.3) is 0 Å². The summed E-state index contributed by atoms with van der Waals surface area (Å²) in [5.74, 6) is 1.22. The molecule has 0 spiro atoms. The van der Waals surface area contributed by atoms with E-state index >= 15 is 0 Å². The topological polar surface area (TPSA) is 63.1 Å². The minimum atomic E-state index is -0.0922. The van der Waals surface area contributed by atoms with Gasteiger partial charge in [0.15, 0.2) is 0 Å². The van der Waals surface area contributed by atoms with Crippen LogP contribution in [-0.2, 0) is 24.0 Å². The zero-order valence-corrected chi connectivity index (χ0v) is 21.1. The summed E-state index contributed by atoms with van der Waals surface area (Å²) in [4.78, 5) is 0. The van der Waals surface area contributed by atoms with Crippen LogP contribution in [0.2, 0.25) is 5.02 Å². The number of halogens is 3. The lowest BCUT2D eigenvalue weighted by molar-refractivity contribution is 0.0000136. The molecule has 8 heteroatoms. The fraction of sp³-hybridized carbons (Fsp3) is 0.483. The Bertz CT molecular complexity index is 1100. The van der Waals surface area contributed by atoms with Crippen LogP contribution in [0, 0.1) is 11.7 Å². The minimum Gasteiger partial charge on any atom is -0.491 e. The number of fused-ring (bicyclic) bond motifs is 5. The fourth-order valence-corrected chi connectivity index (χ4v) is 5.66. The molecule has 6 rings (SSSR count). The molecule has 1 fully saturated rings. The van der Waals surface area contributed by atoms with Crippen molar-refractivity contribution >= 4 is 29.7 Å². The molecule has 2 aromatic rings. The smallest absolute Gasteiger partial charge is 0.126 e. The van der Waals surface area contributed by atoms with Crippen molar-refractivity contribution in [3.05, 3.63) is 75.6 Å². The minimum absolute atomic E-state index is 0. The lowest BCUT2D eigenvalue weighted by atomic mass is 9.71. The van der Waals surface area contributed by atoms with Crippen molar-refractivity contribution in [2.24, 2.45) is 11.1 Å². The number of nitrogens with one attached hydrogen (secondary N) is 1. The van der Waals surface area contributed by atoms with Gasteiger partial charge in [-0.3, -0.25) is 0 Å². The van der Waals surface area contributed by atoms with Gasteiger partial charge in [0, 0.05) is 35.5 Å². The van der Waals surface area contributed by atoms with Gasteiger partial charge in [0.05, 0.1) is 12.3 Å². The number of allylic oxidation sites excluding steroid dienone is 2. The van der Waals surface area contributed by atoms with Crippen LogP contribution >= 0.6 is 24.0 Å². The summed E-state index contributed by atoms with van der Waals surface area (Å²) in [5, 5.41) is 16.6. The van der Waals surface area contributed by atoms with E-state index in [2.05, 4.69) is 28.7 Å². The number of hydrogen-bond acceptors (Lipinski definition) is 5. The summed E-state index contributed by atoms with van der Waals surface area (Å²) < 4.78 is 25.0. The molecule has 0 saturated carbocycles. The molecule has 2 bridgehead atoms. The quantitative estimate of drug-likeness (QED) is 0.251. The van der Waals surface area contributed by atoms with Crippen molar-refractivity contribution in [1.82, 2.24) is 5.32 Å². The van der Waals surface area contributed by atoms with E-state index in [-0.39, 0.29) is 51.0 Å². The summed E-state index contributed by atoms with van der Waals surface area (Å²) in [6.45, 7) is 2.99. The molecule has 1 saturated heterocycles. The van der Waals surface area contributed by atoms with Crippen molar-refractivity contribution in [1.29, 1.82) is 0 Å². The van der Waals surface area contributed by atoms with Crippen LogP contribution in [0.3, 0.4) is 0 Å². The highest BCUT2D eigenvalue weighted by atomic mass is 35.5. The molecule has 204 valence electrons. The number of rotatable bonds is 3. The van der Waals surface area contributed by atoms with E-state index in [1.54, 1.807) is 6.07 Å². The Labute approximate surface area is 231 Å². The molecule has 37 heavy (non-hydrogen) atoms. The second-order valence-corrected chi connectivity index (χ2v) is 9.70. The molecule has 2 N–H and O–H groups in total. The molecule has 0 aromatic heterocycles. The first-order chi connectivity index (χ1) is 16.6. The van der Waals surface area contributed by atoms with Crippen molar-refractivity contribution in [2.75, 3.05) is 26.3 Å². The summed E-state index contributed by atoms with van der Waals surface area (Å²) in [6.07, 6.45) is 9.00. The Morgan fingerprint density at radius 3 is 2.73 bits per heavy atom. The summed E-state index contributed by atoms with van der Waals surface area (Å²) in [7, 11) is 0. The molecular weight excluding hydrogens is 514 g/mol. The maximum absolute atomic E-state index is 13.6. The molecule has 3 atom stereocenters. The lowest BCUT2D eigenvalue weighted by Crippen LogP contribution is -2.41. The van der Waals surface area contributed by atoms with E-state index < -0.39 is 0 Å². The first kappa shape index (κ1) is 31.1. The molecular formula is C29H39Cl2FN2O3. The molecule has 0 amide bonds. The SMILES string of the molecule is C.C.Cl.Fc1ccc(OC[C@@H]2CNCCO2)c2c1CCC2.O/N=C1/C2C=CCC1c1ccc(Cl)cc1C2. The van der Waals surface area contributed by atoms with Gasteiger partial charge in [0.2, 0.25) is 0 Å². The highest BCUT2D eigenvalue weighted by Crippen LogP contribution is 2.40. The third-order valence-electron chi connectivity index (χ3n) is 7.13. The predicted molar refractivity (Wildman–Crippen MR) is 152 cm³/mol. The van der Waals surface area contributed by atoms with Gasteiger partial charge >= 0.3 is 0 Å². The molecule has 4 aliphatic rings. The van der Waals surface area contributed by atoms with Crippen LogP contribution < -0.4 is 10.1 Å². The van der Waals surface area contributed by atoms with Crippen LogP contribution in [0.25, 0.3) is 0 Å². The Hall–Kier alpha value is -2.12. The zero-order valence-electron chi connectivity index (χ0n) is 19.5. The predicted octanol–water partition coefficient (Wildman–Crippen LogP) is 6.76. The van der Waals surface area contributed by atoms with Crippen LogP contribution in [0.15, 0.2) is 47.6 Å². The number of hydrogen-bond donors (Lipinski definition) is 2. The van der Waals surface area contributed by atoms with Gasteiger partial charge in [-0.2, -0.15) is 0 Å². The summed E-state index contributed by atoms with van der Waals surface area (Å²) in [5.41, 5.74) is 5.35. The van der Waals surface area contributed by atoms with Crippen LogP contribution in [0.1, 0.15) is 55.9 Å². The van der Waals surface area contributed by atoms with E-state index in [4.69, 9.17) is 26.3 Å². The second kappa shape index (κ2) is 14.1. The van der Waals surface area contributed by atoms with E-state index in [9.17, 15) is 4.39 Å². The summed E-state index contributed by atoms with van der Waals surface area (Å²) >= 11 is 6.01. The Morgan fingerprint density at radius 1 is 1.16 bits per heavy atom. The fourth-order valence-electron chi connectivity index (χ4n) is 5.46. The van der Waals surface area contributed by atoms with Crippen molar-refractivity contribution in [2.45, 2.75) is 59.0 Å². The first-order valence-electron chi connectivity index (χ1n) is 12.1. The van der Waals surface area contributed by atoms with E-state index in [1.165, 1.54) is 17.2 Å². The van der Waals surface area contributed by atoms with Gasteiger partial charge in [-0.25, -0.2) is 4.39 Å². The van der Waals surface area contributed by atoms with Gasteiger partial charge < -0.3 is 20.0 Å². The van der Waals surface area contributed by atoms with Crippen LogP contribution in [0.4, 0.5) is 4.39 Å². The van der Waals surface area contributed by atoms with Crippen LogP contribution in [-0.4, -0.2) is 43.3 Å². The Morgan fingerprint density at radius 2 is 1.97 bits per heavy atom. The average molecular weight is 554 g/mol. The van der Waals surface area contributed by atoms with Crippen molar-refractivity contribution in [3.8, 4) is 5.75 Å². The highest BCUT2D eigenvalue weighted by molar-refractivity contribution is 6.30. The number of ether oxygens (including phenoxy) is 2. The third-order valence-corrected chi connectivity index (χ3v) is 7.36. The molecule has 2 unspecified atom stereocenters.